The Hall–Kier alpha value is -2.73. The molecule has 0 bridgehead atoms. The van der Waals surface area contributed by atoms with Gasteiger partial charge in [-0.25, -0.2) is 4.39 Å². The number of halogens is 2. The second-order valence-corrected chi connectivity index (χ2v) is 4.65. The van der Waals surface area contributed by atoms with Gasteiger partial charge in [-0.05, 0) is 30.3 Å². The van der Waals surface area contributed by atoms with Crippen molar-refractivity contribution in [1.82, 2.24) is 0 Å². The summed E-state index contributed by atoms with van der Waals surface area (Å²) in [5.74, 6) is -1.08. The molecule has 0 aliphatic carbocycles. The van der Waals surface area contributed by atoms with E-state index >= 15 is 0 Å². The summed E-state index contributed by atoms with van der Waals surface area (Å²) in [5, 5.41) is 13.1. The Morgan fingerprint density at radius 2 is 1.95 bits per heavy atom. The minimum Gasteiger partial charge on any atom is -0.356 e. The predicted molar refractivity (Wildman–Crippen MR) is 81.0 cm³/mol. The molecule has 0 saturated carbocycles. The zero-order valence-electron chi connectivity index (χ0n) is 11.1. The lowest BCUT2D eigenvalue weighted by atomic mass is 10.0. The number of benzene rings is 2. The van der Waals surface area contributed by atoms with Crippen molar-refractivity contribution >= 4 is 23.1 Å². The Morgan fingerprint density at radius 3 is 2.64 bits per heavy atom. The molecule has 112 valence electrons. The monoisotopic (exact) mass is 320 g/mol. The van der Waals surface area contributed by atoms with Crippen molar-refractivity contribution in [2.45, 2.75) is 0 Å². The number of carbonyl (C=O) groups excluding carboxylic acids is 1. The molecule has 0 aromatic heterocycles. The molecular weight excluding hydrogens is 311 g/mol. The van der Waals surface area contributed by atoms with Crippen molar-refractivity contribution in [3.05, 3.63) is 86.9 Å². The van der Waals surface area contributed by atoms with Crippen LogP contribution in [0.5, 0.6) is 0 Å². The SMILES string of the molecule is O=C(c1ccccc1Cl)c1cc(F)ccc1NC=C[N+](=O)[O-]. The average Bonchev–Trinajstić information content (AvgIpc) is 2.48. The van der Waals surface area contributed by atoms with E-state index in [0.717, 1.165) is 18.3 Å². The summed E-state index contributed by atoms with van der Waals surface area (Å²) in [6, 6.07) is 9.89. The van der Waals surface area contributed by atoms with E-state index in [-0.39, 0.29) is 21.8 Å². The van der Waals surface area contributed by atoms with Gasteiger partial charge in [0, 0.05) is 16.8 Å². The topological polar surface area (TPSA) is 72.2 Å². The molecule has 0 radical (unpaired) electrons. The van der Waals surface area contributed by atoms with Gasteiger partial charge in [-0.3, -0.25) is 14.9 Å². The lowest BCUT2D eigenvalue weighted by molar-refractivity contribution is -0.402. The molecule has 0 aliphatic heterocycles. The molecule has 5 nitrogen and oxygen atoms in total. The van der Waals surface area contributed by atoms with Crippen molar-refractivity contribution in [2.75, 3.05) is 5.32 Å². The van der Waals surface area contributed by atoms with Crippen LogP contribution in [-0.4, -0.2) is 10.7 Å². The standard InChI is InChI=1S/C15H10ClFN2O3/c16-13-4-2-1-3-11(13)15(20)12-9-10(17)5-6-14(12)18-7-8-19(21)22/h1-9,18H. The Kier molecular flexibility index (Phi) is 4.85. The van der Waals surface area contributed by atoms with Crippen molar-refractivity contribution in [2.24, 2.45) is 0 Å². The second-order valence-electron chi connectivity index (χ2n) is 4.24. The van der Waals surface area contributed by atoms with Crippen LogP contribution in [0.25, 0.3) is 0 Å². The molecule has 1 N–H and O–H groups in total. The third-order valence-electron chi connectivity index (χ3n) is 2.78. The van der Waals surface area contributed by atoms with Gasteiger partial charge in [0.1, 0.15) is 5.82 Å². The minimum absolute atomic E-state index is 0.0288. The van der Waals surface area contributed by atoms with Crippen molar-refractivity contribution in [1.29, 1.82) is 0 Å². The van der Waals surface area contributed by atoms with Gasteiger partial charge in [-0.2, -0.15) is 0 Å². The van der Waals surface area contributed by atoms with Crippen LogP contribution in [0.4, 0.5) is 10.1 Å². The summed E-state index contributed by atoms with van der Waals surface area (Å²) in [6.45, 7) is 0. The average molecular weight is 321 g/mol. The number of carbonyl (C=O) groups is 1. The van der Waals surface area contributed by atoms with Crippen molar-refractivity contribution in [3.63, 3.8) is 0 Å². The molecule has 0 amide bonds. The van der Waals surface area contributed by atoms with Gasteiger partial charge in [0.05, 0.1) is 16.1 Å². The van der Waals surface area contributed by atoms with E-state index in [1.807, 2.05) is 0 Å². The number of nitro groups is 1. The quantitative estimate of drug-likeness (QED) is 0.515. The highest BCUT2D eigenvalue weighted by Gasteiger charge is 2.16. The maximum atomic E-state index is 13.4. The highest BCUT2D eigenvalue weighted by molar-refractivity contribution is 6.35. The fraction of sp³-hybridized carbons (Fsp3) is 0. The van der Waals surface area contributed by atoms with E-state index < -0.39 is 16.5 Å². The first-order valence-electron chi connectivity index (χ1n) is 6.14. The first-order chi connectivity index (χ1) is 10.5. The third-order valence-corrected chi connectivity index (χ3v) is 3.11. The first-order valence-corrected chi connectivity index (χ1v) is 6.52. The van der Waals surface area contributed by atoms with Crippen LogP contribution in [0, 0.1) is 15.9 Å². The number of nitrogens with zero attached hydrogens (tertiary/aromatic N) is 1. The van der Waals surface area contributed by atoms with E-state index in [1.165, 1.54) is 12.1 Å². The summed E-state index contributed by atoms with van der Waals surface area (Å²) in [6.07, 6.45) is 1.73. The van der Waals surface area contributed by atoms with Crippen LogP contribution in [-0.2, 0) is 0 Å². The molecular formula is C15H10ClFN2O3. The third kappa shape index (κ3) is 3.67. The smallest absolute Gasteiger partial charge is 0.250 e. The Bertz CT molecular complexity index is 762. The molecule has 22 heavy (non-hydrogen) atoms. The first kappa shape index (κ1) is 15.7. The van der Waals surface area contributed by atoms with Crippen LogP contribution in [0.3, 0.4) is 0 Å². The van der Waals surface area contributed by atoms with Gasteiger partial charge in [0.2, 0.25) is 6.20 Å². The van der Waals surface area contributed by atoms with Gasteiger partial charge in [-0.15, -0.1) is 0 Å². The molecule has 7 heteroatoms. The number of nitrogens with one attached hydrogen (secondary N) is 1. The van der Waals surface area contributed by atoms with Crippen LogP contribution in [0.2, 0.25) is 5.02 Å². The van der Waals surface area contributed by atoms with Crippen LogP contribution < -0.4 is 5.32 Å². The molecule has 2 rings (SSSR count). The number of hydrogen-bond donors (Lipinski definition) is 1. The van der Waals surface area contributed by atoms with Crippen LogP contribution >= 0.6 is 11.6 Å². The highest BCUT2D eigenvalue weighted by Crippen LogP contribution is 2.24. The molecule has 2 aromatic rings. The lowest BCUT2D eigenvalue weighted by Gasteiger charge is -2.09. The zero-order valence-corrected chi connectivity index (χ0v) is 11.9. The molecule has 0 spiro atoms. The molecule has 0 aliphatic rings. The van der Waals surface area contributed by atoms with Crippen molar-refractivity contribution in [3.8, 4) is 0 Å². The normalized spacial score (nSPS) is 10.6. The summed E-state index contributed by atoms with van der Waals surface area (Å²) in [7, 11) is 0. The summed E-state index contributed by atoms with van der Waals surface area (Å²) in [5.41, 5.74) is 0.488. The van der Waals surface area contributed by atoms with E-state index in [9.17, 15) is 19.3 Å². The minimum atomic E-state index is -0.661. The lowest BCUT2D eigenvalue weighted by Crippen LogP contribution is -2.06. The summed E-state index contributed by atoms with van der Waals surface area (Å²) >= 11 is 5.97. The largest absolute Gasteiger partial charge is 0.356 e. The molecule has 0 saturated heterocycles. The number of rotatable bonds is 5. The zero-order chi connectivity index (χ0) is 16.1. The van der Waals surface area contributed by atoms with E-state index in [0.29, 0.717) is 6.20 Å². The summed E-state index contributed by atoms with van der Waals surface area (Å²) in [4.78, 5) is 22.1. The van der Waals surface area contributed by atoms with E-state index in [2.05, 4.69) is 5.32 Å². The van der Waals surface area contributed by atoms with Gasteiger partial charge >= 0.3 is 0 Å². The van der Waals surface area contributed by atoms with Crippen molar-refractivity contribution < 1.29 is 14.1 Å². The molecule has 0 fully saturated rings. The van der Waals surface area contributed by atoms with Crippen LogP contribution in [0.1, 0.15) is 15.9 Å². The van der Waals surface area contributed by atoms with Gasteiger partial charge in [0.15, 0.2) is 5.78 Å². The van der Waals surface area contributed by atoms with Crippen LogP contribution in [0.15, 0.2) is 54.9 Å². The molecule has 2 aromatic carbocycles. The molecule has 0 atom stereocenters. The fourth-order valence-electron chi connectivity index (χ4n) is 1.81. The van der Waals surface area contributed by atoms with E-state index in [4.69, 9.17) is 11.6 Å². The van der Waals surface area contributed by atoms with E-state index in [1.54, 1.807) is 18.2 Å². The number of ketones is 1. The molecule has 0 heterocycles. The number of hydrogen-bond acceptors (Lipinski definition) is 4. The Morgan fingerprint density at radius 1 is 1.23 bits per heavy atom. The molecule has 0 unspecified atom stereocenters. The highest BCUT2D eigenvalue weighted by atomic mass is 35.5. The number of anilines is 1. The Labute approximate surface area is 130 Å². The predicted octanol–water partition coefficient (Wildman–Crippen LogP) is 3.87. The summed E-state index contributed by atoms with van der Waals surface area (Å²) < 4.78 is 13.4. The Balaban J connectivity index is 2.41. The van der Waals surface area contributed by atoms with Gasteiger partial charge in [-0.1, -0.05) is 23.7 Å². The van der Waals surface area contributed by atoms with Gasteiger partial charge in [0.25, 0.3) is 0 Å². The maximum Gasteiger partial charge on any atom is 0.250 e. The fourth-order valence-corrected chi connectivity index (χ4v) is 2.03. The van der Waals surface area contributed by atoms with Gasteiger partial charge < -0.3 is 5.32 Å². The maximum absolute atomic E-state index is 13.4. The second kappa shape index (κ2) is 6.82.